The molecule has 0 saturated heterocycles. The van der Waals surface area contributed by atoms with Crippen LogP contribution in [0.15, 0.2) is 40.2 Å². The van der Waals surface area contributed by atoms with Crippen molar-refractivity contribution >= 4 is 27.3 Å². The second kappa shape index (κ2) is 5.95. The van der Waals surface area contributed by atoms with E-state index in [1.165, 1.54) is 10.9 Å². The average Bonchev–Trinajstić information content (AvgIpc) is 2.85. The van der Waals surface area contributed by atoms with Gasteiger partial charge in [-0.05, 0) is 43.5 Å². The van der Waals surface area contributed by atoms with E-state index >= 15 is 0 Å². The van der Waals surface area contributed by atoms with Crippen LogP contribution in [0.3, 0.4) is 0 Å². The smallest absolute Gasteiger partial charge is 0.128 e. The zero-order chi connectivity index (χ0) is 13.1. The van der Waals surface area contributed by atoms with Crippen molar-refractivity contribution in [2.75, 3.05) is 0 Å². The summed E-state index contributed by atoms with van der Waals surface area (Å²) in [6.07, 6.45) is 0. The largest absolute Gasteiger partial charge is 0.303 e. The van der Waals surface area contributed by atoms with Crippen LogP contribution in [-0.2, 0) is 0 Å². The van der Waals surface area contributed by atoms with Crippen LogP contribution in [-0.4, -0.2) is 0 Å². The second-order valence-corrected chi connectivity index (χ2v) is 6.19. The predicted octanol–water partition coefficient (Wildman–Crippen LogP) is 5.06. The SMILES string of the molecule is CC(NC(C)c1cc(Br)ccc1F)c1cccs1. The summed E-state index contributed by atoms with van der Waals surface area (Å²) in [5, 5.41) is 5.47. The number of thiophene rings is 1. The molecule has 0 saturated carbocycles. The van der Waals surface area contributed by atoms with Gasteiger partial charge in [-0.2, -0.15) is 0 Å². The van der Waals surface area contributed by atoms with E-state index in [1.54, 1.807) is 17.4 Å². The minimum absolute atomic E-state index is 0.0281. The molecular weight excluding hydrogens is 313 g/mol. The molecule has 2 aromatic rings. The van der Waals surface area contributed by atoms with Crippen LogP contribution in [0.2, 0.25) is 0 Å². The third kappa shape index (κ3) is 3.19. The van der Waals surface area contributed by atoms with Crippen molar-refractivity contribution in [3.63, 3.8) is 0 Å². The summed E-state index contributed by atoms with van der Waals surface area (Å²) in [4.78, 5) is 1.26. The molecule has 18 heavy (non-hydrogen) atoms. The number of rotatable bonds is 4. The molecule has 1 aromatic carbocycles. The van der Waals surface area contributed by atoms with E-state index in [1.807, 2.05) is 19.1 Å². The molecule has 0 spiro atoms. The quantitative estimate of drug-likeness (QED) is 0.827. The summed E-state index contributed by atoms with van der Waals surface area (Å²) >= 11 is 5.09. The molecule has 0 aliphatic rings. The van der Waals surface area contributed by atoms with Crippen LogP contribution in [0.4, 0.5) is 4.39 Å². The maximum atomic E-state index is 13.8. The van der Waals surface area contributed by atoms with Gasteiger partial charge in [-0.15, -0.1) is 11.3 Å². The summed E-state index contributed by atoms with van der Waals surface area (Å²) < 4.78 is 14.7. The zero-order valence-electron chi connectivity index (χ0n) is 10.3. The lowest BCUT2D eigenvalue weighted by molar-refractivity contribution is 0.478. The van der Waals surface area contributed by atoms with Gasteiger partial charge in [-0.25, -0.2) is 4.39 Å². The number of hydrogen-bond acceptors (Lipinski definition) is 2. The Labute approximate surface area is 119 Å². The maximum absolute atomic E-state index is 13.8. The van der Waals surface area contributed by atoms with Gasteiger partial charge < -0.3 is 5.32 Å². The van der Waals surface area contributed by atoms with E-state index in [2.05, 4.69) is 39.6 Å². The van der Waals surface area contributed by atoms with Crippen molar-refractivity contribution in [1.29, 1.82) is 0 Å². The van der Waals surface area contributed by atoms with E-state index < -0.39 is 0 Å². The molecule has 2 unspecified atom stereocenters. The standard InChI is InChI=1S/C14H15BrFNS/c1-9(12-8-11(15)5-6-13(12)16)17-10(2)14-4-3-7-18-14/h3-10,17H,1-2H3. The van der Waals surface area contributed by atoms with E-state index in [0.29, 0.717) is 5.56 Å². The van der Waals surface area contributed by atoms with Gasteiger partial charge in [-0.3, -0.25) is 0 Å². The third-order valence-electron chi connectivity index (χ3n) is 2.89. The van der Waals surface area contributed by atoms with Gasteiger partial charge in [0.1, 0.15) is 5.82 Å². The molecule has 1 aromatic heterocycles. The number of halogens is 2. The summed E-state index contributed by atoms with van der Waals surface area (Å²) in [6, 6.07) is 9.35. The lowest BCUT2D eigenvalue weighted by Gasteiger charge is -2.20. The van der Waals surface area contributed by atoms with E-state index in [-0.39, 0.29) is 17.9 Å². The van der Waals surface area contributed by atoms with Crippen LogP contribution in [0, 0.1) is 5.82 Å². The number of nitrogens with one attached hydrogen (secondary N) is 1. The zero-order valence-corrected chi connectivity index (χ0v) is 12.7. The molecule has 1 heterocycles. The molecule has 96 valence electrons. The fraction of sp³-hybridized carbons (Fsp3) is 0.286. The fourth-order valence-electron chi connectivity index (χ4n) is 1.93. The highest BCUT2D eigenvalue weighted by molar-refractivity contribution is 9.10. The van der Waals surface area contributed by atoms with Crippen LogP contribution >= 0.6 is 27.3 Å². The Morgan fingerprint density at radius 3 is 2.67 bits per heavy atom. The summed E-state index contributed by atoms with van der Waals surface area (Å²) in [6.45, 7) is 4.08. The van der Waals surface area contributed by atoms with E-state index in [4.69, 9.17) is 0 Å². The van der Waals surface area contributed by atoms with Gasteiger partial charge >= 0.3 is 0 Å². The molecule has 0 bridgehead atoms. The van der Waals surface area contributed by atoms with Crippen molar-refractivity contribution in [3.05, 3.63) is 56.4 Å². The van der Waals surface area contributed by atoms with Gasteiger partial charge in [0.15, 0.2) is 0 Å². The van der Waals surface area contributed by atoms with Crippen molar-refractivity contribution in [1.82, 2.24) is 5.32 Å². The lowest BCUT2D eigenvalue weighted by atomic mass is 10.1. The van der Waals surface area contributed by atoms with Crippen molar-refractivity contribution in [3.8, 4) is 0 Å². The molecule has 0 radical (unpaired) electrons. The third-order valence-corrected chi connectivity index (χ3v) is 4.44. The van der Waals surface area contributed by atoms with Crippen molar-refractivity contribution in [2.45, 2.75) is 25.9 Å². The monoisotopic (exact) mass is 327 g/mol. The summed E-state index contributed by atoms with van der Waals surface area (Å²) in [5.41, 5.74) is 0.688. The minimum Gasteiger partial charge on any atom is -0.303 e. The summed E-state index contributed by atoms with van der Waals surface area (Å²) in [5.74, 6) is -0.170. The molecular formula is C14H15BrFNS. The first kappa shape index (κ1) is 13.7. The average molecular weight is 328 g/mol. The second-order valence-electron chi connectivity index (χ2n) is 4.29. The highest BCUT2D eigenvalue weighted by atomic mass is 79.9. The minimum atomic E-state index is -0.170. The van der Waals surface area contributed by atoms with Crippen LogP contribution in [0.5, 0.6) is 0 Å². The Balaban J connectivity index is 2.12. The van der Waals surface area contributed by atoms with Crippen LogP contribution in [0.1, 0.15) is 36.4 Å². The molecule has 0 amide bonds. The van der Waals surface area contributed by atoms with Gasteiger partial charge in [-0.1, -0.05) is 22.0 Å². The van der Waals surface area contributed by atoms with Crippen LogP contribution < -0.4 is 5.32 Å². The topological polar surface area (TPSA) is 12.0 Å². The normalized spacial score (nSPS) is 14.4. The first-order chi connectivity index (χ1) is 8.58. The molecule has 2 rings (SSSR count). The molecule has 0 aliphatic carbocycles. The number of benzene rings is 1. The Morgan fingerprint density at radius 2 is 2.00 bits per heavy atom. The Morgan fingerprint density at radius 1 is 1.22 bits per heavy atom. The molecule has 2 atom stereocenters. The molecule has 0 aliphatic heterocycles. The molecule has 1 nitrogen and oxygen atoms in total. The predicted molar refractivity (Wildman–Crippen MR) is 78.4 cm³/mol. The Kier molecular flexibility index (Phi) is 4.54. The number of hydrogen-bond donors (Lipinski definition) is 1. The Hall–Kier alpha value is -0.710. The lowest BCUT2D eigenvalue weighted by Crippen LogP contribution is -2.22. The molecule has 1 N–H and O–H groups in total. The van der Waals surface area contributed by atoms with E-state index in [9.17, 15) is 4.39 Å². The van der Waals surface area contributed by atoms with Crippen LogP contribution in [0.25, 0.3) is 0 Å². The fourth-order valence-corrected chi connectivity index (χ4v) is 3.05. The summed E-state index contributed by atoms with van der Waals surface area (Å²) in [7, 11) is 0. The van der Waals surface area contributed by atoms with Crippen molar-refractivity contribution < 1.29 is 4.39 Å². The Bertz CT molecular complexity index is 513. The molecule has 0 fully saturated rings. The van der Waals surface area contributed by atoms with Gasteiger partial charge in [0.25, 0.3) is 0 Å². The maximum Gasteiger partial charge on any atom is 0.128 e. The first-order valence-corrected chi connectivity index (χ1v) is 7.49. The van der Waals surface area contributed by atoms with E-state index in [0.717, 1.165) is 4.47 Å². The van der Waals surface area contributed by atoms with Gasteiger partial charge in [0.05, 0.1) is 0 Å². The first-order valence-electron chi connectivity index (χ1n) is 5.82. The molecule has 4 heteroatoms. The van der Waals surface area contributed by atoms with Gasteiger partial charge in [0.2, 0.25) is 0 Å². The highest BCUT2D eigenvalue weighted by Crippen LogP contribution is 2.25. The van der Waals surface area contributed by atoms with Gasteiger partial charge in [0, 0.05) is 27.0 Å². The van der Waals surface area contributed by atoms with Crippen molar-refractivity contribution in [2.24, 2.45) is 0 Å². The highest BCUT2D eigenvalue weighted by Gasteiger charge is 2.15.